The number of aryl methyl sites for hydroxylation is 1. The van der Waals surface area contributed by atoms with E-state index >= 15 is 0 Å². The molecule has 176 valence electrons. The molecule has 1 aliphatic rings. The zero-order chi connectivity index (χ0) is 23.6. The molecule has 3 atom stereocenters. The molecule has 0 saturated carbocycles. The second-order valence-electron chi connectivity index (χ2n) is 8.67. The van der Waals surface area contributed by atoms with Crippen LogP contribution in [-0.2, 0) is 27.2 Å². The number of carbonyl (C=O) groups is 3. The minimum Gasteiger partial charge on any atom is -0.480 e. The van der Waals surface area contributed by atoms with E-state index in [0.717, 1.165) is 36.9 Å². The van der Waals surface area contributed by atoms with Crippen LogP contribution in [0.3, 0.4) is 0 Å². The monoisotopic (exact) mass is 451 g/mol. The van der Waals surface area contributed by atoms with E-state index in [2.05, 4.69) is 10.6 Å². The lowest BCUT2D eigenvalue weighted by Gasteiger charge is -2.32. The molecule has 2 amide bonds. The number of carbonyl (C=O) groups excluding carboxylic acids is 2. The van der Waals surface area contributed by atoms with Crippen LogP contribution in [0.15, 0.2) is 60.7 Å². The lowest BCUT2D eigenvalue weighted by atomic mass is 10.00. The van der Waals surface area contributed by atoms with Crippen molar-refractivity contribution in [3.8, 4) is 0 Å². The predicted molar refractivity (Wildman–Crippen MR) is 127 cm³/mol. The van der Waals surface area contributed by atoms with Gasteiger partial charge in [-0.2, -0.15) is 0 Å². The average Bonchev–Trinajstić information content (AvgIpc) is 2.82. The smallest absolute Gasteiger partial charge is 0.326 e. The summed E-state index contributed by atoms with van der Waals surface area (Å²) in [5.74, 6) is -1.76. The van der Waals surface area contributed by atoms with Gasteiger partial charge in [-0.15, -0.1) is 0 Å². The number of carboxylic acid groups (broad SMARTS) is 1. The molecule has 1 heterocycles. The molecule has 0 aromatic heterocycles. The van der Waals surface area contributed by atoms with E-state index in [1.54, 1.807) is 0 Å². The van der Waals surface area contributed by atoms with Crippen molar-refractivity contribution in [2.24, 2.45) is 0 Å². The maximum atomic E-state index is 13.2. The van der Waals surface area contributed by atoms with Crippen molar-refractivity contribution in [1.82, 2.24) is 15.5 Å². The molecule has 0 radical (unpaired) electrons. The molecule has 7 heteroatoms. The fourth-order valence-electron chi connectivity index (χ4n) is 4.22. The summed E-state index contributed by atoms with van der Waals surface area (Å²) in [7, 11) is 1.92. The molecule has 1 fully saturated rings. The van der Waals surface area contributed by atoms with Crippen LogP contribution in [-0.4, -0.2) is 59.5 Å². The third kappa shape index (κ3) is 7.43. The molecule has 3 N–H and O–H groups in total. The Bertz CT molecular complexity index is 920. The van der Waals surface area contributed by atoms with Crippen LogP contribution in [0.25, 0.3) is 0 Å². The summed E-state index contributed by atoms with van der Waals surface area (Å²) in [4.78, 5) is 40.0. The van der Waals surface area contributed by atoms with Crippen LogP contribution >= 0.6 is 0 Å². The number of piperidine rings is 1. The van der Waals surface area contributed by atoms with E-state index in [0.29, 0.717) is 12.8 Å². The fraction of sp³-hybridized carbons (Fsp3) is 0.423. The Morgan fingerprint density at radius 1 is 0.939 bits per heavy atom. The highest BCUT2D eigenvalue weighted by molar-refractivity contribution is 5.92. The minimum atomic E-state index is -1.09. The van der Waals surface area contributed by atoms with Crippen LogP contribution in [0.1, 0.15) is 36.8 Å². The van der Waals surface area contributed by atoms with Gasteiger partial charge in [0.05, 0.1) is 6.04 Å². The Morgan fingerprint density at radius 3 is 2.18 bits per heavy atom. The van der Waals surface area contributed by atoms with Crippen LogP contribution in [0.4, 0.5) is 0 Å². The summed E-state index contributed by atoms with van der Waals surface area (Å²) >= 11 is 0. The van der Waals surface area contributed by atoms with Crippen molar-refractivity contribution in [3.63, 3.8) is 0 Å². The Labute approximate surface area is 195 Å². The van der Waals surface area contributed by atoms with Crippen molar-refractivity contribution in [1.29, 1.82) is 0 Å². The summed E-state index contributed by atoms with van der Waals surface area (Å²) < 4.78 is 0. The number of aliphatic carboxylic acids is 1. The third-order valence-corrected chi connectivity index (χ3v) is 6.17. The van der Waals surface area contributed by atoms with E-state index in [1.807, 2.05) is 72.6 Å². The third-order valence-electron chi connectivity index (χ3n) is 6.17. The summed E-state index contributed by atoms with van der Waals surface area (Å²) in [6, 6.07) is 16.8. The average molecular weight is 452 g/mol. The number of hydrogen-bond acceptors (Lipinski definition) is 4. The fourth-order valence-corrected chi connectivity index (χ4v) is 4.22. The molecular formula is C26H33N3O4. The Hall–Kier alpha value is -3.19. The topological polar surface area (TPSA) is 98.7 Å². The Kier molecular flexibility index (Phi) is 9.01. The SMILES string of the molecule is CN1CCCC[C@H]1C(=O)N[C@@H](Cc1ccccc1)C(=O)N[C@@H](CCc1ccccc1)C(=O)O. The summed E-state index contributed by atoms with van der Waals surface area (Å²) in [6.45, 7) is 0.841. The first-order valence-corrected chi connectivity index (χ1v) is 11.6. The van der Waals surface area contributed by atoms with Crippen LogP contribution in [0, 0.1) is 0 Å². The van der Waals surface area contributed by atoms with E-state index in [9.17, 15) is 19.5 Å². The number of rotatable bonds is 10. The van der Waals surface area contributed by atoms with Gasteiger partial charge in [0.25, 0.3) is 0 Å². The molecule has 1 aliphatic heterocycles. The molecule has 3 rings (SSSR count). The van der Waals surface area contributed by atoms with Crippen molar-refractivity contribution in [2.45, 2.75) is 56.7 Å². The Balaban J connectivity index is 1.69. The maximum absolute atomic E-state index is 13.2. The molecule has 0 unspecified atom stereocenters. The van der Waals surface area contributed by atoms with Gasteiger partial charge in [0.2, 0.25) is 11.8 Å². The maximum Gasteiger partial charge on any atom is 0.326 e. The van der Waals surface area contributed by atoms with Gasteiger partial charge in [-0.25, -0.2) is 4.79 Å². The first-order valence-electron chi connectivity index (χ1n) is 11.6. The first kappa shape index (κ1) is 24.5. The predicted octanol–water partition coefficient (Wildman–Crippen LogP) is 2.40. The summed E-state index contributed by atoms with van der Waals surface area (Å²) in [5, 5.41) is 15.2. The molecule has 0 aliphatic carbocycles. The highest BCUT2D eigenvalue weighted by Gasteiger charge is 2.31. The van der Waals surface area contributed by atoms with E-state index < -0.39 is 24.0 Å². The van der Waals surface area contributed by atoms with Crippen molar-refractivity contribution >= 4 is 17.8 Å². The normalized spacial score (nSPS) is 18.2. The van der Waals surface area contributed by atoms with Crippen molar-refractivity contribution in [2.75, 3.05) is 13.6 Å². The number of nitrogens with zero attached hydrogens (tertiary/aromatic N) is 1. The lowest BCUT2D eigenvalue weighted by Crippen LogP contribution is -2.56. The summed E-state index contributed by atoms with van der Waals surface area (Å²) in [6.07, 6.45) is 3.86. The quantitative estimate of drug-likeness (QED) is 0.515. The van der Waals surface area contributed by atoms with Crippen LogP contribution < -0.4 is 10.6 Å². The van der Waals surface area contributed by atoms with E-state index in [4.69, 9.17) is 0 Å². The molecule has 2 aromatic rings. The van der Waals surface area contributed by atoms with Gasteiger partial charge in [-0.1, -0.05) is 67.1 Å². The van der Waals surface area contributed by atoms with E-state index in [-0.39, 0.29) is 18.4 Å². The van der Waals surface area contributed by atoms with Crippen LogP contribution in [0.5, 0.6) is 0 Å². The molecule has 7 nitrogen and oxygen atoms in total. The standard InChI is InChI=1S/C26H33N3O4/c1-29-17-9-8-14-23(29)25(31)28-22(18-20-12-6-3-7-13-20)24(30)27-21(26(32)33)16-15-19-10-4-2-5-11-19/h2-7,10-13,21-23H,8-9,14-18H2,1H3,(H,27,30)(H,28,31)(H,32,33)/t21-,22-,23-/m0/s1. The number of amides is 2. The van der Waals surface area contributed by atoms with Crippen LogP contribution in [0.2, 0.25) is 0 Å². The van der Waals surface area contributed by atoms with Crippen molar-refractivity contribution < 1.29 is 19.5 Å². The second kappa shape index (κ2) is 12.2. The highest BCUT2D eigenvalue weighted by atomic mass is 16.4. The molecule has 1 saturated heterocycles. The number of nitrogens with one attached hydrogen (secondary N) is 2. The van der Waals surface area contributed by atoms with Gasteiger partial charge >= 0.3 is 5.97 Å². The second-order valence-corrected chi connectivity index (χ2v) is 8.67. The van der Waals surface area contributed by atoms with Gasteiger partial charge in [0, 0.05) is 6.42 Å². The van der Waals surface area contributed by atoms with Gasteiger partial charge in [0.15, 0.2) is 0 Å². The van der Waals surface area contributed by atoms with Crippen molar-refractivity contribution in [3.05, 3.63) is 71.8 Å². The zero-order valence-electron chi connectivity index (χ0n) is 19.1. The highest BCUT2D eigenvalue weighted by Crippen LogP contribution is 2.16. The van der Waals surface area contributed by atoms with Gasteiger partial charge < -0.3 is 15.7 Å². The largest absolute Gasteiger partial charge is 0.480 e. The zero-order valence-corrected chi connectivity index (χ0v) is 19.1. The molecule has 0 spiro atoms. The lowest BCUT2D eigenvalue weighted by molar-refractivity contribution is -0.142. The van der Waals surface area contributed by atoms with Gasteiger partial charge in [0.1, 0.15) is 12.1 Å². The number of benzene rings is 2. The first-order chi connectivity index (χ1) is 15.9. The van der Waals surface area contributed by atoms with E-state index in [1.165, 1.54) is 0 Å². The van der Waals surface area contributed by atoms with Gasteiger partial charge in [-0.05, 0) is 50.4 Å². The molecular weight excluding hydrogens is 418 g/mol. The summed E-state index contributed by atoms with van der Waals surface area (Å²) in [5.41, 5.74) is 1.90. The Morgan fingerprint density at radius 2 is 1.58 bits per heavy atom. The molecule has 0 bridgehead atoms. The molecule has 2 aromatic carbocycles. The number of likely N-dealkylation sites (tertiary alicyclic amines) is 1. The van der Waals surface area contributed by atoms with Gasteiger partial charge in [-0.3, -0.25) is 14.5 Å². The molecule has 33 heavy (non-hydrogen) atoms. The number of likely N-dealkylation sites (N-methyl/N-ethyl adjacent to an activating group) is 1. The minimum absolute atomic E-state index is 0.190. The number of hydrogen-bond donors (Lipinski definition) is 3. The number of carboxylic acids is 1.